The van der Waals surface area contributed by atoms with Crippen molar-refractivity contribution in [3.05, 3.63) is 59.4 Å². The van der Waals surface area contributed by atoms with Gasteiger partial charge in [-0.2, -0.15) is 5.26 Å². The summed E-state index contributed by atoms with van der Waals surface area (Å²) in [5.74, 6) is -0.577. The number of rotatable bonds is 4. The predicted octanol–water partition coefficient (Wildman–Crippen LogP) is 3.27. The lowest BCUT2D eigenvalue weighted by Crippen LogP contribution is -2.09. The Labute approximate surface area is 129 Å². The van der Waals surface area contributed by atoms with E-state index in [4.69, 9.17) is 5.26 Å². The molecule has 0 aliphatic rings. The van der Waals surface area contributed by atoms with E-state index in [9.17, 15) is 12.8 Å². The lowest BCUT2D eigenvalue weighted by atomic mass is 10.1. The van der Waals surface area contributed by atoms with E-state index in [1.807, 2.05) is 13.0 Å². The maximum absolute atomic E-state index is 13.6. The highest BCUT2D eigenvalue weighted by molar-refractivity contribution is 7.90. The van der Waals surface area contributed by atoms with Crippen LogP contribution in [0.15, 0.2) is 47.4 Å². The fourth-order valence-corrected chi connectivity index (χ4v) is 2.71. The molecule has 2 aromatic rings. The van der Waals surface area contributed by atoms with Gasteiger partial charge in [-0.3, -0.25) is 0 Å². The number of nitriles is 1. The molecule has 2 aromatic carbocycles. The van der Waals surface area contributed by atoms with E-state index in [1.165, 1.54) is 24.3 Å². The quantitative estimate of drug-likeness (QED) is 0.939. The zero-order valence-electron chi connectivity index (χ0n) is 12.2. The standard InChI is InChI=1S/C16H15FN2O2S/c1-11(12-6-8-13(9-7-12)22(2,20)21)19-16-5-3-4-15(17)14(16)10-18/h3-9,11,19H,1-2H3/t11-/m0/s1. The number of hydrogen-bond acceptors (Lipinski definition) is 4. The van der Waals surface area contributed by atoms with Crippen LogP contribution in [-0.2, 0) is 9.84 Å². The number of anilines is 1. The molecule has 0 bridgehead atoms. The molecular formula is C16H15FN2O2S. The molecule has 1 atom stereocenters. The molecule has 0 aliphatic carbocycles. The monoisotopic (exact) mass is 318 g/mol. The summed E-state index contributed by atoms with van der Waals surface area (Å²) in [5.41, 5.74) is 1.20. The Morgan fingerprint density at radius 3 is 2.36 bits per heavy atom. The molecule has 114 valence electrons. The van der Waals surface area contributed by atoms with E-state index in [-0.39, 0.29) is 16.5 Å². The Morgan fingerprint density at radius 1 is 1.18 bits per heavy atom. The molecule has 0 heterocycles. The van der Waals surface area contributed by atoms with Crippen molar-refractivity contribution in [3.63, 3.8) is 0 Å². The second kappa shape index (κ2) is 6.16. The molecule has 0 unspecified atom stereocenters. The maximum atomic E-state index is 13.6. The van der Waals surface area contributed by atoms with Crippen molar-refractivity contribution in [1.82, 2.24) is 0 Å². The van der Waals surface area contributed by atoms with Gasteiger partial charge in [-0.1, -0.05) is 18.2 Å². The van der Waals surface area contributed by atoms with Crippen LogP contribution in [0.1, 0.15) is 24.1 Å². The number of nitrogens with one attached hydrogen (secondary N) is 1. The summed E-state index contributed by atoms with van der Waals surface area (Å²) in [7, 11) is -3.23. The Hall–Kier alpha value is -2.39. The highest BCUT2D eigenvalue weighted by atomic mass is 32.2. The zero-order valence-corrected chi connectivity index (χ0v) is 13.0. The number of sulfone groups is 1. The van der Waals surface area contributed by atoms with Crippen LogP contribution in [0.5, 0.6) is 0 Å². The summed E-state index contributed by atoms with van der Waals surface area (Å²) >= 11 is 0. The minimum absolute atomic E-state index is 0.0397. The van der Waals surface area contributed by atoms with E-state index >= 15 is 0 Å². The summed E-state index contributed by atoms with van der Waals surface area (Å²) in [6.07, 6.45) is 1.15. The molecular weight excluding hydrogens is 303 g/mol. The van der Waals surface area contributed by atoms with Gasteiger partial charge in [0.15, 0.2) is 9.84 Å². The van der Waals surface area contributed by atoms with Crippen LogP contribution >= 0.6 is 0 Å². The molecule has 0 radical (unpaired) electrons. The van der Waals surface area contributed by atoms with Crippen LogP contribution in [0.25, 0.3) is 0 Å². The van der Waals surface area contributed by atoms with Crippen molar-refractivity contribution in [2.45, 2.75) is 17.9 Å². The van der Waals surface area contributed by atoms with Gasteiger partial charge in [0, 0.05) is 12.3 Å². The first-order valence-electron chi connectivity index (χ1n) is 6.58. The third kappa shape index (κ3) is 3.43. The van der Waals surface area contributed by atoms with E-state index in [0.717, 1.165) is 11.8 Å². The molecule has 0 spiro atoms. The van der Waals surface area contributed by atoms with Crippen LogP contribution in [-0.4, -0.2) is 14.7 Å². The Bertz CT molecular complexity index is 824. The Kier molecular flexibility index (Phi) is 4.48. The molecule has 0 saturated heterocycles. The third-order valence-corrected chi connectivity index (χ3v) is 4.43. The van der Waals surface area contributed by atoms with Gasteiger partial charge in [-0.25, -0.2) is 12.8 Å². The summed E-state index contributed by atoms with van der Waals surface area (Å²) in [4.78, 5) is 0.243. The highest BCUT2D eigenvalue weighted by Crippen LogP contribution is 2.24. The second-order valence-corrected chi connectivity index (χ2v) is 7.00. The molecule has 4 nitrogen and oxygen atoms in total. The number of nitrogens with zero attached hydrogens (tertiary/aromatic N) is 1. The SMILES string of the molecule is C[C@H](Nc1cccc(F)c1C#N)c1ccc(S(C)(=O)=O)cc1. The third-order valence-electron chi connectivity index (χ3n) is 3.31. The van der Waals surface area contributed by atoms with Crippen molar-refractivity contribution in [1.29, 1.82) is 5.26 Å². The molecule has 6 heteroatoms. The van der Waals surface area contributed by atoms with Gasteiger partial charge in [-0.15, -0.1) is 0 Å². The summed E-state index contributed by atoms with van der Waals surface area (Å²) in [6, 6.07) is 12.5. The number of halogens is 1. The molecule has 2 rings (SSSR count). The first-order chi connectivity index (χ1) is 10.3. The Morgan fingerprint density at radius 2 is 1.82 bits per heavy atom. The predicted molar refractivity (Wildman–Crippen MR) is 82.7 cm³/mol. The summed E-state index contributed by atoms with van der Waals surface area (Å²) < 4.78 is 36.4. The van der Waals surface area contributed by atoms with Gasteiger partial charge in [0.1, 0.15) is 17.4 Å². The normalized spacial score (nSPS) is 12.5. The minimum Gasteiger partial charge on any atom is -0.377 e. The first kappa shape index (κ1) is 16.0. The molecule has 22 heavy (non-hydrogen) atoms. The summed E-state index contributed by atoms with van der Waals surface area (Å²) in [5, 5.41) is 12.1. The number of benzene rings is 2. The van der Waals surface area contributed by atoms with Crippen molar-refractivity contribution < 1.29 is 12.8 Å². The maximum Gasteiger partial charge on any atom is 0.175 e. The lowest BCUT2D eigenvalue weighted by Gasteiger charge is -2.17. The topological polar surface area (TPSA) is 70.0 Å². The van der Waals surface area contributed by atoms with Crippen LogP contribution < -0.4 is 5.32 Å². The minimum atomic E-state index is -3.23. The molecule has 1 N–H and O–H groups in total. The zero-order chi connectivity index (χ0) is 16.3. The highest BCUT2D eigenvalue weighted by Gasteiger charge is 2.13. The molecule has 0 aliphatic heterocycles. The summed E-state index contributed by atoms with van der Waals surface area (Å²) in [6.45, 7) is 1.85. The molecule has 0 aromatic heterocycles. The van der Waals surface area contributed by atoms with Gasteiger partial charge < -0.3 is 5.32 Å². The Balaban J connectivity index is 2.25. The average Bonchev–Trinajstić information content (AvgIpc) is 2.47. The van der Waals surface area contributed by atoms with E-state index in [2.05, 4.69) is 5.32 Å². The fraction of sp³-hybridized carbons (Fsp3) is 0.188. The first-order valence-corrected chi connectivity index (χ1v) is 8.47. The van der Waals surface area contributed by atoms with Crippen molar-refractivity contribution >= 4 is 15.5 Å². The van der Waals surface area contributed by atoms with Crippen molar-refractivity contribution in [2.75, 3.05) is 11.6 Å². The van der Waals surface area contributed by atoms with Crippen molar-refractivity contribution in [3.8, 4) is 6.07 Å². The fourth-order valence-electron chi connectivity index (χ4n) is 2.08. The van der Waals surface area contributed by atoms with Crippen LogP contribution in [0.2, 0.25) is 0 Å². The van der Waals surface area contributed by atoms with Gasteiger partial charge in [0.05, 0.1) is 10.6 Å². The van der Waals surface area contributed by atoms with Crippen LogP contribution in [0.4, 0.5) is 10.1 Å². The molecule has 0 amide bonds. The second-order valence-electron chi connectivity index (χ2n) is 4.98. The average molecular weight is 318 g/mol. The smallest absolute Gasteiger partial charge is 0.175 e. The van der Waals surface area contributed by atoms with E-state index < -0.39 is 15.7 Å². The van der Waals surface area contributed by atoms with E-state index in [1.54, 1.807) is 18.2 Å². The van der Waals surface area contributed by atoms with Crippen LogP contribution in [0.3, 0.4) is 0 Å². The van der Waals surface area contributed by atoms with Gasteiger partial charge in [0.25, 0.3) is 0 Å². The van der Waals surface area contributed by atoms with Gasteiger partial charge in [-0.05, 0) is 36.8 Å². The number of hydrogen-bond donors (Lipinski definition) is 1. The van der Waals surface area contributed by atoms with E-state index in [0.29, 0.717) is 5.69 Å². The largest absolute Gasteiger partial charge is 0.377 e. The van der Waals surface area contributed by atoms with Gasteiger partial charge in [0.2, 0.25) is 0 Å². The van der Waals surface area contributed by atoms with Crippen LogP contribution in [0, 0.1) is 17.1 Å². The lowest BCUT2D eigenvalue weighted by molar-refractivity contribution is 0.601. The molecule has 0 fully saturated rings. The van der Waals surface area contributed by atoms with Crippen molar-refractivity contribution in [2.24, 2.45) is 0 Å². The molecule has 0 saturated carbocycles. The van der Waals surface area contributed by atoms with Gasteiger partial charge >= 0.3 is 0 Å².